The van der Waals surface area contributed by atoms with E-state index in [0.29, 0.717) is 22.7 Å². The molecule has 1 amide bonds. The predicted molar refractivity (Wildman–Crippen MR) is 138 cm³/mol. The summed E-state index contributed by atoms with van der Waals surface area (Å²) >= 11 is 0. The average molecular weight is 553 g/mol. The van der Waals surface area contributed by atoms with Crippen molar-refractivity contribution in [2.75, 3.05) is 5.32 Å². The Morgan fingerprint density at radius 2 is 1.90 bits per heavy atom. The molecule has 1 atom stereocenters. The fourth-order valence-corrected chi connectivity index (χ4v) is 5.60. The van der Waals surface area contributed by atoms with E-state index in [4.69, 9.17) is 13.9 Å². The summed E-state index contributed by atoms with van der Waals surface area (Å²) in [6, 6.07) is 11.1. The number of hydrogen-bond donors (Lipinski definition) is 4. The number of carboxylic acid groups (broad SMARTS) is 1. The molecule has 2 aliphatic rings. The van der Waals surface area contributed by atoms with Gasteiger partial charge in [-0.3, -0.25) is 13.8 Å². The lowest BCUT2D eigenvalue weighted by Gasteiger charge is -2.41. The standard InChI is InChI=1S/C26H24N3O9P/c1-26(2)10-14(11-26)23(30)28-19-12-29-16(4-3-5-20(29)27-19)13-8-15(17-6-7-21(36-17)39(33,34)35)22-18(9-13)37-25(38-22)24(31)32/h3-9,12,14,25H,10-11H2,1-2H3,(H,28,30)(H,31,32)(H2,33,34,35). The van der Waals surface area contributed by atoms with E-state index in [0.717, 1.165) is 18.9 Å². The highest BCUT2D eigenvalue weighted by molar-refractivity contribution is 7.59. The first kappa shape index (κ1) is 25.2. The van der Waals surface area contributed by atoms with Crippen LogP contribution in [0.1, 0.15) is 26.7 Å². The van der Waals surface area contributed by atoms with Gasteiger partial charge in [0.2, 0.25) is 11.4 Å². The number of imidazole rings is 1. The first-order valence-electron chi connectivity index (χ1n) is 12.1. The fourth-order valence-electron chi connectivity index (χ4n) is 5.11. The summed E-state index contributed by atoms with van der Waals surface area (Å²) in [6.07, 6.45) is 1.71. The van der Waals surface area contributed by atoms with Crippen molar-refractivity contribution in [2.24, 2.45) is 11.3 Å². The number of nitrogens with one attached hydrogen (secondary N) is 1. The third-order valence-electron chi connectivity index (χ3n) is 6.87. The highest BCUT2D eigenvalue weighted by Gasteiger charge is 2.40. The first-order valence-corrected chi connectivity index (χ1v) is 13.7. The van der Waals surface area contributed by atoms with Gasteiger partial charge >= 0.3 is 19.9 Å². The maximum absolute atomic E-state index is 12.7. The smallest absolute Gasteiger partial charge is 0.391 e. The number of nitrogens with zero attached hydrogens (tertiary/aromatic N) is 2. The second-order valence-electron chi connectivity index (χ2n) is 10.5. The molecule has 202 valence electrons. The molecule has 0 bridgehead atoms. The molecule has 1 saturated carbocycles. The molecule has 1 unspecified atom stereocenters. The number of amides is 1. The van der Waals surface area contributed by atoms with Gasteiger partial charge in [-0.05, 0) is 54.7 Å². The minimum Gasteiger partial charge on any atom is -0.476 e. The maximum atomic E-state index is 12.7. The van der Waals surface area contributed by atoms with Crippen LogP contribution in [-0.4, -0.2) is 42.4 Å². The van der Waals surface area contributed by atoms with Gasteiger partial charge in [-0.2, -0.15) is 0 Å². The summed E-state index contributed by atoms with van der Waals surface area (Å²) in [5.74, 6) is -0.871. The molecule has 12 nitrogen and oxygen atoms in total. The Kier molecular flexibility index (Phi) is 5.62. The van der Waals surface area contributed by atoms with Crippen LogP contribution in [0.4, 0.5) is 5.82 Å². The van der Waals surface area contributed by atoms with Gasteiger partial charge < -0.3 is 34.1 Å². The number of rotatable bonds is 6. The summed E-state index contributed by atoms with van der Waals surface area (Å²) in [6.45, 7) is 4.25. The number of carbonyl (C=O) groups excluding carboxylic acids is 1. The van der Waals surface area contributed by atoms with E-state index in [-0.39, 0.29) is 40.1 Å². The zero-order valence-corrected chi connectivity index (χ0v) is 21.7. The van der Waals surface area contributed by atoms with E-state index in [1.165, 1.54) is 6.07 Å². The summed E-state index contributed by atoms with van der Waals surface area (Å²) in [5.41, 5.74) is 1.58. The van der Waals surface area contributed by atoms with Crippen LogP contribution in [0, 0.1) is 11.3 Å². The molecule has 0 saturated heterocycles. The average Bonchev–Trinajstić information content (AvgIpc) is 3.58. The van der Waals surface area contributed by atoms with Crippen molar-refractivity contribution in [1.82, 2.24) is 9.38 Å². The van der Waals surface area contributed by atoms with Crippen molar-refractivity contribution in [2.45, 2.75) is 33.0 Å². The minimum atomic E-state index is -4.67. The van der Waals surface area contributed by atoms with Gasteiger partial charge in [-0.15, -0.1) is 0 Å². The van der Waals surface area contributed by atoms with Crippen LogP contribution in [0.3, 0.4) is 0 Å². The lowest BCUT2D eigenvalue weighted by atomic mass is 9.64. The van der Waals surface area contributed by atoms with E-state index in [1.54, 1.807) is 40.9 Å². The van der Waals surface area contributed by atoms with Gasteiger partial charge in [0, 0.05) is 11.5 Å². The Morgan fingerprint density at radius 3 is 2.56 bits per heavy atom. The molecule has 0 spiro atoms. The lowest BCUT2D eigenvalue weighted by Crippen LogP contribution is -2.39. The molecule has 0 radical (unpaired) electrons. The van der Waals surface area contributed by atoms with Gasteiger partial charge in [0.25, 0.3) is 0 Å². The molecule has 13 heteroatoms. The van der Waals surface area contributed by atoms with Crippen molar-refractivity contribution >= 4 is 36.4 Å². The normalized spacial score (nSPS) is 18.2. The molecule has 1 aliphatic heterocycles. The Hall–Kier alpha value is -4.12. The number of aliphatic carboxylic acids is 1. The van der Waals surface area contributed by atoms with Crippen molar-refractivity contribution in [3.63, 3.8) is 0 Å². The van der Waals surface area contributed by atoms with Crippen molar-refractivity contribution in [3.05, 3.63) is 48.7 Å². The molecule has 4 aromatic rings. The number of furan rings is 1. The lowest BCUT2D eigenvalue weighted by molar-refractivity contribution is -0.154. The number of carboxylic acids is 1. The Morgan fingerprint density at radius 1 is 1.13 bits per heavy atom. The highest BCUT2D eigenvalue weighted by Crippen LogP contribution is 2.48. The Labute approximate surface area is 221 Å². The zero-order valence-electron chi connectivity index (χ0n) is 20.8. The van der Waals surface area contributed by atoms with Crippen LogP contribution in [-0.2, 0) is 14.2 Å². The first-order chi connectivity index (χ1) is 18.4. The molecule has 3 aromatic heterocycles. The monoisotopic (exact) mass is 553 g/mol. The second kappa shape index (κ2) is 8.70. The van der Waals surface area contributed by atoms with Crippen LogP contribution in [0.2, 0.25) is 0 Å². The van der Waals surface area contributed by atoms with Crippen LogP contribution in [0.25, 0.3) is 28.2 Å². The summed E-state index contributed by atoms with van der Waals surface area (Å²) in [5, 5.41) is 12.3. The minimum absolute atomic E-state index is 0.0512. The number of aromatic nitrogens is 2. The number of hydrogen-bond acceptors (Lipinski definition) is 7. The highest BCUT2D eigenvalue weighted by atomic mass is 31.2. The van der Waals surface area contributed by atoms with Gasteiger partial charge in [0.15, 0.2) is 17.3 Å². The number of benzene rings is 1. The van der Waals surface area contributed by atoms with E-state index in [1.807, 2.05) is 0 Å². The largest absolute Gasteiger partial charge is 0.476 e. The Bertz CT molecular complexity index is 1690. The molecule has 1 aromatic carbocycles. The van der Waals surface area contributed by atoms with Crippen molar-refractivity contribution in [3.8, 4) is 34.1 Å². The number of pyridine rings is 1. The van der Waals surface area contributed by atoms with E-state index in [2.05, 4.69) is 24.1 Å². The maximum Gasteiger partial charge on any atom is 0.391 e. The third-order valence-corrected chi connectivity index (χ3v) is 7.68. The summed E-state index contributed by atoms with van der Waals surface area (Å²) in [4.78, 5) is 47.8. The van der Waals surface area contributed by atoms with Gasteiger partial charge in [-0.1, -0.05) is 19.9 Å². The number of ether oxygens (including phenoxy) is 2. The molecule has 1 aliphatic carbocycles. The number of anilines is 1. The second-order valence-corrected chi connectivity index (χ2v) is 12.0. The quantitative estimate of drug-likeness (QED) is 0.258. The molecule has 4 N–H and O–H groups in total. The van der Waals surface area contributed by atoms with Gasteiger partial charge in [-0.25, -0.2) is 9.78 Å². The summed E-state index contributed by atoms with van der Waals surface area (Å²) < 4.78 is 29.9. The van der Waals surface area contributed by atoms with E-state index >= 15 is 0 Å². The van der Waals surface area contributed by atoms with E-state index in [9.17, 15) is 29.0 Å². The number of carbonyl (C=O) groups is 2. The van der Waals surface area contributed by atoms with Crippen LogP contribution < -0.4 is 20.3 Å². The molecule has 1 fully saturated rings. The van der Waals surface area contributed by atoms with Crippen molar-refractivity contribution < 1.29 is 42.9 Å². The molecule has 4 heterocycles. The predicted octanol–water partition coefficient (Wildman–Crippen LogP) is 3.62. The molecular formula is C26H24N3O9P. The molecule has 39 heavy (non-hydrogen) atoms. The zero-order chi connectivity index (χ0) is 27.7. The Balaban J connectivity index is 1.41. The van der Waals surface area contributed by atoms with Crippen molar-refractivity contribution in [1.29, 1.82) is 0 Å². The van der Waals surface area contributed by atoms with Gasteiger partial charge in [0.1, 0.15) is 11.4 Å². The van der Waals surface area contributed by atoms with Gasteiger partial charge in [0.05, 0.1) is 17.5 Å². The van der Waals surface area contributed by atoms with E-state index < -0.39 is 25.4 Å². The molecular weight excluding hydrogens is 529 g/mol. The third kappa shape index (κ3) is 4.56. The van der Waals surface area contributed by atoms with Crippen LogP contribution in [0.15, 0.2) is 53.1 Å². The summed E-state index contributed by atoms with van der Waals surface area (Å²) in [7, 11) is -4.67. The fraction of sp³-hybridized carbons (Fsp3) is 0.269. The SMILES string of the molecule is CC1(C)CC(C(=O)Nc2cn3c(-c4cc5c(c(-c6ccc(P(=O)(O)O)o6)c4)OC(C(=O)O)O5)cccc3n2)C1. The topological polar surface area (TPSA) is 173 Å². The van der Waals surface area contributed by atoms with Crippen LogP contribution in [0.5, 0.6) is 11.5 Å². The van der Waals surface area contributed by atoms with Crippen LogP contribution >= 0.6 is 7.60 Å². The number of fused-ring (bicyclic) bond motifs is 2. The molecule has 6 rings (SSSR count).